The monoisotopic (exact) mass is 496 g/mol. The molecule has 0 aliphatic carbocycles. The molecule has 0 spiro atoms. The van der Waals surface area contributed by atoms with Gasteiger partial charge in [0.2, 0.25) is 5.91 Å². The van der Waals surface area contributed by atoms with E-state index >= 15 is 0 Å². The van der Waals surface area contributed by atoms with Crippen molar-refractivity contribution in [3.63, 3.8) is 0 Å². The number of hydrogen-bond acceptors (Lipinski definition) is 6. The summed E-state index contributed by atoms with van der Waals surface area (Å²) in [5.41, 5.74) is 1.66. The van der Waals surface area contributed by atoms with Gasteiger partial charge in [-0.2, -0.15) is 0 Å². The number of nitrogens with zero attached hydrogens (tertiary/aromatic N) is 3. The normalized spacial score (nSPS) is 18.7. The van der Waals surface area contributed by atoms with Gasteiger partial charge in [0, 0.05) is 31.9 Å². The molecule has 2 aromatic carbocycles. The standard InChI is InChI=1S/C26H32N4O4S/c1-2-34-22-10-8-21(9-11-22)27-24(31)18-23-25(32)30(19-20-6-4-3-5-7-20)26(35)29(23)13-12-28-14-16-33-17-15-28/h3-11,23H,2,12-19H2,1H3,(H,27,31). The van der Waals surface area contributed by atoms with E-state index in [0.717, 1.165) is 30.9 Å². The summed E-state index contributed by atoms with van der Waals surface area (Å²) in [7, 11) is 0. The summed E-state index contributed by atoms with van der Waals surface area (Å²) in [6, 6.07) is 16.3. The summed E-state index contributed by atoms with van der Waals surface area (Å²) in [5, 5.41) is 3.38. The lowest BCUT2D eigenvalue weighted by atomic mass is 10.1. The van der Waals surface area contributed by atoms with Crippen molar-refractivity contribution in [2.45, 2.75) is 25.9 Å². The molecule has 35 heavy (non-hydrogen) atoms. The number of morpholine rings is 1. The zero-order valence-electron chi connectivity index (χ0n) is 20.0. The van der Waals surface area contributed by atoms with Crippen molar-refractivity contribution < 1.29 is 19.1 Å². The number of hydrogen-bond donors (Lipinski definition) is 1. The number of thiocarbonyl (C=S) groups is 1. The van der Waals surface area contributed by atoms with Crippen LogP contribution in [0.25, 0.3) is 0 Å². The van der Waals surface area contributed by atoms with Crippen LogP contribution in [0.3, 0.4) is 0 Å². The van der Waals surface area contributed by atoms with Crippen molar-refractivity contribution in [3.05, 3.63) is 60.2 Å². The van der Waals surface area contributed by atoms with Crippen LogP contribution in [0.1, 0.15) is 18.9 Å². The van der Waals surface area contributed by atoms with Gasteiger partial charge in [-0.05, 0) is 49.0 Å². The van der Waals surface area contributed by atoms with Gasteiger partial charge in [0.15, 0.2) is 5.11 Å². The topological polar surface area (TPSA) is 74.4 Å². The lowest BCUT2D eigenvalue weighted by molar-refractivity contribution is -0.131. The van der Waals surface area contributed by atoms with E-state index in [9.17, 15) is 9.59 Å². The maximum Gasteiger partial charge on any atom is 0.252 e. The minimum Gasteiger partial charge on any atom is -0.494 e. The number of amides is 2. The fourth-order valence-corrected chi connectivity index (χ4v) is 4.69. The summed E-state index contributed by atoms with van der Waals surface area (Å²) in [6.07, 6.45) is 0.0284. The highest BCUT2D eigenvalue weighted by Gasteiger charge is 2.43. The van der Waals surface area contributed by atoms with Gasteiger partial charge in [-0.25, -0.2) is 0 Å². The first-order chi connectivity index (χ1) is 17.0. The van der Waals surface area contributed by atoms with E-state index < -0.39 is 6.04 Å². The molecule has 2 aromatic rings. The molecule has 2 fully saturated rings. The Morgan fingerprint density at radius 1 is 1.09 bits per heavy atom. The minimum absolute atomic E-state index is 0.0284. The Bertz CT molecular complexity index is 1010. The van der Waals surface area contributed by atoms with E-state index in [1.165, 1.54) is 0 Å². The molecule has 2 heterocycles. The first-order valence-corrected chi connectivity index (χ1v) is 12.4. The maximum absolute atomic E-state index is 13.5. The van der Waals surface area contributed by atoms with Crippen LogP contribution in [0.15, 0.2) is 54.6 Å². The molecule has 0 radical (unpaired) electrons. The average Bonchev–Trinajstić information content (AvgIpc) is 3.09. The summed E-state index contributed by atoms with van der Waals surface area (Å²) in [5.74, 6) is 0.378. The molecule has 9 heteroatoms. The van der Waals surface area contributed by atoms with Crippen molar-refractivity contribution in [2.75, 3.05) is 51.3 Å². The van der Waals surface area contributed by atoms with E-state index in [1.54, 1.807) is 17.0 Å². The smallest absolute Gasteiger partial charge is 0.252 e. The van der Waals surface area contributed by atoms with Crippen LogP contribution in [0.4, 0.5) is 5.69 Å². The van der Waals surface area contributed by atoms with Crippen LogP contribution in [0, 0.1) is 0 Å². The third kappa shape index (κ3) is 6.56. The predicted octanol–water partition coefficient (Wildman–Crippen LogP) is 2.74. The lowest BCUT2D eigenvalue weighted by Crippen LogP contribution is -2.45. The van der Waals surface area contributed by atoms with Crippen LogP contribution in [-0.4, -0.2) is 83.7 Å². The molecule has 4 rings (SSSR count). The number of carbonyl (C=O) groups excluding carboxylic acids is 2. The van der Waals surface area contributed by atoms with Gasteiger partial charge in [-0.1, -0.05) is 30.3 Å². The Morgan fingerprint density at radius 3 is 2.49 bits per heavy atom. The number of carbonyl (C=O) groups is 2. The second kappa shape index (κ2) is 12.1. The van der Waals surface area contributed by atoms with E-state index in [0.29, 0.717) is 43.7 Å². The van der Waals surface area contributed by atoms with Gasteiger partial charge in [0.25, 0.3) is 5.91 Å². The molecule has 2 aliphatic rings. The fraction of sp³-hybridized carbons (Fsp3) is 0.423. The van der Waals surface area contributed by atoms with Gasteiger partial charge in [0.05, 0.1) is 32.8 Å². The molecular formula is C26H32N4O4S. The van der Waals surface area contributed by atoms with Crippen LogP contribution < -0.4 is 10.1 Å². The van der Waals surface area contributed by atoms with Crippen molar-refractivity contribution in [2.24, 2.45) is 0 Å². The highest BCUT2D eigenvalue weighted by molar-refractivity contribution is 7.80. The van der Waals surface area contributed by atoms with E-state index in [-0.39, 0.29) is 18.2 Å². The van der Waals surface area contributed by atoms with Crippen molar-refractivity contribution in [1.82, 2.24) is 14.7 Å². The Balaban J connectivity index is 1.44. The highest BCUT2D eigenvalue weighted by Crippen LogP contribution is 2.24. The second-order valence-electron chi connectivity index (χ2n) is 8.57. The zero-order chi connectivity index (χ0) is 24.6. The number of ether oxygens (including phenoxy) is 2. The molecule has 2 aliphatic heterocycles. The first kappa shape index (κ1) is 25.1. The minimum atomic E-state index is -0.630. The van der Waals surface area contributed by atoms with Gasteiger partial charge >= 0.3 is 0 Å². The van der Waals surface area contributed by atoms with Crippen molar-refractivity contribution >= 4 is 34.8 Å². The summed E-state index contributed by atoms with van der Waals surface area (Å²) >= 11 is 5.75. The zero-order valence-corrected chi connectivity index (χ0v) is 20.8. The second-order valence-corrected chi connectivity index (χ2v) is 8.93. The predicted molar refractivity (Wildman–Crippen MR) is 138 cm³/mol. The molecule has 0 bridgehead atoms. The molecule has 0 aromatic heterocycles. The number of benzene rings is 2. The number of rotatable bonds is 10. The van der Waals surface area contributed by atoms with Gasteiger partial charge in [-0.15, -0.1) is 0 Å². The molecular weight excluding hydrogens is 464 g/mol. The Kier molecular flexibility index (Phi) is 8.68. The number of anilines is 1. The first-order valence-electron chi connectivity index (χ1n) is 12.0. The van der Waals surface area contributed by atoms with Gasteiger partial charge in [0.1, 0.15) is 11.8 Å². The van der Waals surface area contributed by atoms with Crippen LogP contribution in [-0.2, 0) is 20.9 Å². The van der Waals surface area contributed by atoms with Crippen molar-refractivity contribution in [1.29, 1.82) is 0 Å². The lowest BCUT2D eigenvalue weighted by Gasteiger charge is -2.30. The van der Waals surface area contributed by atoms with Crippen LogP contribution in [0.2, 0.25) is 0 Å². The Morgan fingerprint density at radius 2 is 1.80 bits per heavy atom. The van der Waals surface area contributed by atoms with Crippen LogP contribution in [0.5, 0.6) is 5.75 Å². The summed E-state index contributed by atoms with van der Waals surface area (Å²) < 4.78 is 10.9. The molecule has 8 nitrogen and oxygen atoms in total. The molecule has 186 valence electrons. The van der Waals surface area contributed by atoms with Gasteiger partial charge in [-0.3, -0.25) is 19.4 Å². The SMILES string of the molecule is CCOc1ccc(NC(=O)CC2C(=O)N(Cc3ccccc3)C(=S)N2CCN2CCOCC2)cc1. The average molecular weight is 497 g/mol. The fourth-order valence-electron chi connectivity index (χ4n) is 4.32. The summed E-state index contributed by atoms with van der Waals surface area (Å²) in [4.78, 5) is 32.2. The molecule has 0 saturated carbocycles. The maximum atomic E-state index is 13.5. The summed E-state index contributed by atoms with van der Waals surface area (Å²) in [6.45, 7) is 7.35. The highest BCUT2D eigenvalue weighted by atomic mass is 32.1. The molecule has 1 atom stereocenters. The Labute approximate surface area is 211 Å². The number of nitrogens with one attached hydrogen (secondary N) is 1. The molecule has 1 unspecified atom stereocenters. The quantitative estimate of drug-likeness (QED) is 0.507. The molecule has 2 saturated heterocycles. The molecule has 2 amide bonds. The third-order valence-corrected chi connectivity index (χ3v) is 6.63. The van der Waals surface area contributed by atoms with E-state index in [2.05, 4.69) is 10.2 Å². The van der Waals surface area contributed by atoms with Gasteiger partial charge < -0.3 is 19.7 Å². The third-order valence-electron chi connectivity index (χ3n) is 6.18. The van der Waals surface area contributed by atoms with Crippen LogP contribution >= 0.6 is 12.2 Å². The Hall–Kier alpha value is -3.01. The molecule has 1 N–H and O–H groups in total. The largest absolute Gasteiger partial charge is 0.494 e. The van der Waals surface area contributed by atoms with E-state index in [4.69, 9.17) is 21.7 Å². The van der Waals surface area contributed by atoms with E-state index in [1.807, 2.05) is 54.3 Å². The van der Waals surface area contributed by atoms with Crippen molar-refractivity contribution in [3.8, 4) is 5.75 Å².